The van der Waals surface area contributed by atoms with Crippen LogP contribution < -0.4 is 5.32 Å². The Bertz CT molecular complexity index is 1880. The van der Waals surface area contributed by atoms with Crippen LogP contribution in [0.4, 0.5) is 0 Å². The number of aliphatic hydroxyl groups excluding tert-OH is 3. The largest absolute Gasteiger partial charge is 0.511 e. The normalized spacial score (nSPS) is 22.7. The van der Waals surface area contributed by atoms with Crippen LogP contribution in [0, 0.1) is 11.8 Å². The maximum Gasteiger partial charge on any atom is 0.305 e. The van der Waals surface area contributed by atoms with E-state index in [1.807, 2.05) is 32.1 Å². The topological polar surface area (TPSA) is 164 Å². The molecule has 284 valence electrons. The first-order valence-corrected chi connectivity index (χ1v) is 18.7. The van der Waals surface area contributed by atoms with Crippen LogP contribution in [0.2, 0.25) is 0 Å². The van der Waals surface area contributed by atoms with Gasteiger partial charge in [0.1, 0.15) is 12.4 Å². The van der Waals surface area contributed by atoms with E-state index in [2.05, 4.69) is 26.1 Å². The minimum atomic E-state index is -0.730. The number of nitrogens with one attached hydrogen (secondary N) is 1. The second kappa shape index (κ2) is 16.9. The highest BCUT2D eigenvalue weighted by Crippen LogP contribution is 2.46. The Morgan fingerprint density at radius 2 is 1.57 bits per heavy atom. The summed E-state index contributed by atoms with van der Waals surface area (Å²) < 4.78 is 21.6. The van der Waals surface area contributed by atoms with Gasteiger partial charge in [0.25, 0.3) is 0 Å². The number of carbonyl (C=O) groups excluding carboxylic acids is 1. The van der Waals surface area contributed by atoms with Gasteiger partial charge in [-0.3, -0.25) is 4.79 Å². The molecule has 0 aromatic rings. The van der Waals surface area contributed by atoms with E-state index in [4.69, 9.17) is 39.0 Å². The lowest BCUT2D eigenvalue weighted by molar-refractivity contribution is -0.145. The van der Waals surface area contributed by atoms with Gasteiger partial charge in [0.2, 0.25) is 0 Å². The molecule has 3 atom stereocenters. The molecule has 5 heterocycles. The Hall–Kier alpha value is -4.20. The van der Waals surface area contributed by atoms with Gasteiger partial charge in [-0.2, -0.15) is 0 Å². The zero-order valence-corrected chi connectivity index (χ0v) is 31.7. The monoisotopic (exact) mass is 728 g/mol. The van der Waals surface area contributed by atoms with Gasteiger partial charge in [-0.1, -0.05) is 13.8 Å². The molecule has 0 spiro atoms. The van der Waals surface area contributed by atoms with Crippen molar-refractivity contribution in [3.05, 3.63) is 91.5 Å². The van der Waals surface area contributed by atoms with Crippen molar-refractivity contribution < 1.29 is 39.1 Å². The van der Waals surface area contributed by atoms with E-state index in [-0.39, 0.29) is 56.4 Å². The molecule has 5 aliphatic heterocycles. The number of hydrogen-bond acceptors (Lipinski definition) is 12. The maximum absolute atomic E-state index is 13.0. The fraction of sp³-hybridized carbons (Fsp3) is 0.512. The summed E-state index contributed by atoms with van der Waals surface area (Å²) in [6, 6.07) is 0. The highest BCUT2D eigenvalue weighted by Gasteiger charge is 2.41. The molecule has 6 rings (SSSR count). The van der Waals surface area contributed by atoms with Crippen molar-refractivity contribution in [3.63, 3.8) is 0 Å². The lowest BCUT2D eigenvalue weighted by atomic mass is 9.86. The number of fused-ring (bicyclic) bond motifs is 5. The second-order valence-corrected chi connectivity index (χ2v) is 14.0. The van der Waals surface area contributed by atoms with E-state index in [1.54, 1.807) is 6.92 Å². The fourth-order valence-electron chi connectivity index (χ4n) is 7.82. The molecule has 1 fully saturated rings. The van der Waals surface area contributed by atoms with Crippen molar-refractivity contribution >= 4 is 23.1 Å². The molecule has 0 radical (unpaired) electrons. The quantitative estimate of drug-likeness (QED) is 0.120. The van der Waals surface area contributed by atoms with Crippen LogP contribution in [0.3, 0.4) is 0 Å². The minimum Gasteiger partial charge on any atom is -0.511 e. The Morgan fingerprint density at radius 1 is 0.906 bits per heavy atom. The molecule has 0 saturated carbocycles. The van der Waals surface area contributed by atoms with E-state index >= 15 is 0 Å². The number of allylic oxidation sites excluding steroid dienone is 11. The molecule has 8 bridgehead atoms. The van der Waals surface area contributed by atoms with Gasteiger partial charge in [0.15, 0.2) is 0 Å². The maximum atomic E-state index is 13.0. The van der Waals surface area contributed by atoms with Gasteiger partial charge in [-0.15, -0.1) is 0 Å². The fourth-order valence-corrected chi connectivity index (χ4v) is 7.82. The van der Waals surface area contributed by atoms with Crippen LogP contribution in [-0.2, 0) is 23.7 Å². The predicted octanol–water partition coefficient (Wildman–Crippen LogP) is 5.40. The molecular weight excluding hydrogens is 676 g/mol. The molecule has 1 aliphatic carbocycles. The van der Waals surface area contributed by atoms with Crippen LogP contribution in [-0.4, -0.2) is 97.4 Å². The van der Waals surface area contributed by atoms with E-state index in [9.17, 15) is 15.0 Å². The Kier molecular flexibility index (Phi) is 12.3. The molecule has 6 aliphatic rings. The van der Waals surface area contributed by atoms with Crippen molar-refractivity contribution in [2.45, 2.75) is 73.3 Å². The summed E-state index contributed by atoms with van der Waals surface area (Å²) in [7, 11) is 0. The second-order valence-electron chi connectivity index (χ2n) is 14.0. The van der Waals surface area contributed by atoms with Gasteiger partial charge in [-0.05, 0) is 81.1 Å². The van der Waals surface area contributed by atoms with Crippen molar-refractivity contribution in [1.82, 2.24) is 5.32 Å². The van der Waals surface area contributed by atoms with Gasteiger partial charge < -0.3 is 39.6 Å². The molecule has 12 nitrogen and oxygen atoms in total. The summed E-state index contributed by atoms with van der Waals surface area (Å²) in [6.07, 6.45) is 7.16. The van der Waals surface area contributed by atoms with E-state index < -0.39 is 6.10 Å². The van der Waals surface area contributed by atoms with Gasteiger partial charge in [0, 0.05) is 52.8 Å². The Balaban J connectivity index is 1.25. The lowest BCUT2D eigenvalue weighted by Crippen LogP contribution is -2.17. The molecular formula is C41H52N4O8. The van der Waals surface area contributed by atoms with E-state index in [1.165, 1.54) is 0 Å². The zero-order chi connectivity index (χ0) is 37.8. The number of nitrogens with zero attached hydrogens (tertiary/aromatic N) is 3. The standard InChI is InChI=1S/C41H52N4O8/c1-7-27-22(2)30-21-35-38(26(6)47)24(4)32(43-35)19-31-23(3)28(8-9-37(49)53-17-16-52-15-14-51-13-12-50-11-10-46)40(44-31)29-18-36(48)39-25(5)33(45-41(29)39)20-34(27)42-30/h19-21,23,26,28,44,46-48H,7-18H2,1-6H3/t23-,26+,28-/m0/s1. The summed E-state index contributed by atoms with van der Waals surface area (Å²) in [5.41, 5.74) is 13.0. The van der Waals surface area contributed by atoms with Crippen LogP contribution in [0.1, 0.15) is 67.2 Å². The number of rotatable bonds is 16. The first-order valence-electron chi connectivity index (χ1n) is 18.7. The van der Waals surface area contributed by atoms with Gasteiger partial charge in [0.05, 0.1) is 86.6 Å². The number of carbonyl (C=O) groups is 1. The van der Waals surface area contributed by atoms with Crippen LogP contribution in [0.5, 0.6) is 0 Å². The van der Waals surface area contributed by atoms with E-state index in [0.717, 1.165) is 85.4 Å². The Morgan fingerprint density at radius 3 is 2.25 bits per heavy atom. The lowest BCUT2D eigenvalue weighted by Gasteiger charge is -2.17. The van der Waals surface area contributed by atoms with Gasteiger partial charge >= 0.3 is 5.97 Å². The van der Waals surface area contributed by atoms with Crippen molar-refractivity contribution in [1.29, 1.82) is 0 Å². The zero-order valence-electron chi connectivity index (χ0n) is 31.7. The number of ether oxygens (including phenoxy) is 4. The van der Waals surface area contributed by atoms with Crippen molar-refractivity contribution in [2.75, 3.05) is 52.9 Å². The summed E-state index contributed by atoms with van der Waals surface area (Å²) >= 11 is 0. The average molecular weight is 729 g/mol. The smallest absolute Gasteiger partial charge is 0.305 e. The number of aliphatic hydroxyl groups is 3. The summed E-state index contributed by atoms with van der Waals surface area (Å²) in [5, 5.41) is 34.7. The van der Waals surface area contributed by atoms with Crippen LogP contribution in [0.15, 0.2) is 106 Å². The molecule has 0 aromatic carbocycles. The first kappa shape index (κ1) is 38.5. The number of aliphatic imine (C=N–C) groups is 3. The van der Waals surface area contributed by atoms with Crippen molar-refractivity contribution in [3.8, 4) is 0 Å². The predicted molar refractivity (Wildman–Crippen MR) is 203 cm³/mol. The Labute approximate surface area is 311 Å². The average Bonchev–Trinajstić information content (AvgIpc) is 3.88. The SMILES string of the molecule is CCC1=C(C)C2=NC1=CC1=C(C)C3=C(O)CC(=C4NC(=CC5=NC(=C2)C([C@@H](C)O)=C5C)[C@@H](C)[C@@H]4CCC(=O)OCCOCCOCCOCCO)C3=N1. The molecule has 12 heteroatoms. The van der Waals surface area contributed by atoms with Crippen LogP contribution >= 0.6 is 0 Å². The number of esters is 1. The molecule has 0 unspecified atom stereocenters. The third-order valence-electron chi connectivity index (χ3n) is 10.6. The minimum absolute atomic E-state index is 0.0153. The van der Waals surface area contributed by atoms with Crippen molar-refractivity contribution in [2.24, 2.45) is 26.8 Å². The third-order valence-corrected chi connectivity index (χ3v) is 10.6. The third kappa shape index (κ3) is 8.02. The highest BCUT2D eigenvalue weighted by molar-refractivity contribution is 6.21. The van der Waals surface area contributed by atoms with Crippen LogP contribution in [0.25, 0.3) is 0 Å². The molecule has 53 heavy (non-hydrogen) atoms. The summed E-state index contributed by atoms with van der Waals surface area (Å²) in [6.45, 7) is 14.3. The molecule has 0 aromatic heterocycles. The summed E-state index contributed by atoms with van der Waals surface area (Å²) in [4.78, 5) is 28.2. The molecule has 1 saturated heterocycles. The number of hydrogen-bond donors (Lipinski definition) is 4. The first-order chi connectivity index (χ1) is 25.5. The van der Waals surface area contributed by atoms with Gasteiger partial charge in [-0.25, -0.2) is 15.0 Å². The summed E-state index contributed by atoms with van der Waals surface area (Å²) in [5.74, 6) is -0.117. The molecule has 4 N–H and O–H groups in total. The molecule has 0 amide bonds. The highest BCUT2D eigenvalue weighted by atomic mass is 16.6. The van der Waals surface area contributed by atoms with E-state index in [0.29, 0.717) is 45.0 Å².